The van der Waals surface area contributed by atoms with Gasteiger partial charge in [0.25, 0.3) is 0 Å². The second-order valence-corrected chi connectivity index (χ2v) is 5.03. The van der Waals surface area contributed by atoms with Gasteiger partial charge in [0.1, 0.15) is 0 Å². The molecule has 3 aromatic carbocycles. The molecule has 184 valence electrons. The van der Waals surface area contributed by atoms with Crippen molar-refractivity contribution in [1.82, 2.24) is 4.98 Å². The van der Waals surface area contributed by atoms with E-state index in [0.717, 1.165) is 0 Å². The van der Waals surface area contributed by atoms with Crippen LogP contribution in [0.15, 0.2) is 109 Å². The van der Waals surface area contributed by atoms with Crippen molar-refractivity contribution in [2.75, 3.05) is 0 Å². The zero-order valence-corrected chi connectivity index (χ0v) is 23.3. The Balaban J connectivity index is -0.000000164. The normalized spacial score (nSPS) is 7.24. The molecule has 0 atom stereocenters. The van der Waals surface area contributed by atoms with Crippen molar-refractivity contribution < 1.29 is 0 Å². The summed E-state index contributed by atoms with van der Waals surface area (Å²) in [6.45, 7) is 22.1. The van der Waals surface area contributed by atoms with Crippen molar-refractivity contribution in [2.45, 2.75) is 76.2 Å². The monoisotopic (exact) mass is 449 g/mol. The Labute approximate surface area is 207 Å². The summed E-state index contributed by atoms with van der Waals surface area (Å²) in [6.07, 6.45) is 3.50. The first-order chi connectivity index (χ1) is 16.4. The topological polar surface area (TPSA) is 12.9 Å². The summed E-state index contributed by atoms with van der Waals surface area (Å²) < 4.78 is 0. The first kappa shape index (κ1) is 37.4. The molecular weight excluding hydrogens is 398 g/mol. The minimum Gasteiger partial charge on any atom is -0.265 e. The first-order valence-corrected chi connectivity index (χ1v) is 12.7. The zero-order chi connectivity index (χ0) is 26.2. The second-order valence-electron chi connectivity index (χ2n) is 5.03. The Morgan fingerprint density at radius 2 is 0.636 bits per heavy atom. The molecule has 4 aromatic rings. The number of hydrogen-bond acceptors (Lipinski definition) is 1. The number of benzene rings is 3. The largest absolute Gasteiger partial charge is 0.265 e. The summed E-state index contributed by atoms with van der Waals surface area (Å²) in [5.41, 5.74) is 1.32. The molecule has 0 aliphatic heterocycles. The Bertz CT molecular complexity index is 688. The number of fused-ring (bicyclic) bond motifs is 1. The lowest BCUT2D eigenvalue weighted by molar-refractivity contribution is 1.33. The van der Waals surface area contributed by atoms with E-state index in [1.54, 1.807) is 12.4 Å². The second kappa shape index (κ2) is 36.4. The Hall–Kier alpha value is -2.93. The van der Waals surface area contributed by atoms with Crippen molar-refractivity contribution in [2.24, 2.45) is 0 Å². The van der Waals surface area contributed by atoms with Crippen LogP contribution in [0.2, 0.25) is 0 Å². The van der Waals surface area contributed by atoms with Gasteiger partial charge in [0.05, 0.1) is 0 Å². The molecule has 0 radical (unpaired) electrons. The Morgan fingerprint density at radius 1 is 0.364 bits per heavy atom. The number of aromatic nitrogens is 1. The lowest BCUT2D eigenvalue weighted by atomic mass is 10.1. The quantitative estimate of drug-likeness (QED) is 0.260. The van der Waals surface area contributed by atoms with Gasteiger partial charge in [0, 0.05) is 12.4 Å². The molecule has 0 bridgehead atoms. The Morgan fingerprint density at radius 3 is 0.818 bits per heavy atom. The van der Waals surface area contributed by atoms with E-state index in [0.29, 0.717) is 0 Å². The lowest BCUT2D eigenvalue weighted by Crippen LogP contribution is -1.67. The lowest BCUT2D eigenvalue weighted by Gasteiger charge is -1.92. The molecule has 0 fully saturated rings. The predicted octanol–water partition coefficient (Wildman–Crippen LogP) is 11.0. The average molecular weight is 450 g/mol. The van der Waals surface area contributed by atoms with Crippen molar-refractivity contribution in [3.8, 4) is 0 Å². The van der Waals surface area contributed by atoms with Crippen LogP contribution in [0, 0.1) is 6.92 Å². The van der Waals surface area contributed by atoms with E-state index in [-0.39, 0.29) is 0 Å². The summed E-state index contributed by atoms with van der Waals surface area (Å²) in [4.78, 5) is 3.78. The fraction of sp³-hybridized carbons (Fsp3) is 0.344. The highest BCUT2D eigenvalue weighted by Gasteiger charge is 1.85. The zero-order valence-electron chi connectivity index (χ0n) is 23.3. The summed E-state index contributed by atoms with van der Waals surface area (Å²) in [6, 6.07) is 32.7. The van der Waals surface area contributed by atoms with Crippen LogP contribution in [0.3, 0.4) is 0 Å². The minimum absolute atomic E-state index is 1.31. The van der Waals surface area contributed by atoms with E-state index in [2.05, 4.69) is 72.6 Å². The minimum atomic E-state index is 1.31. The summed E-state index contributed by atoms with van der Waals surface area (Å²) in [5.74, 6) is 0. The van der Waals surface area contributed by atoms with Crippen molar-refractivity contribution in [1.29, 1.82) is 0 Å². The van der Waals surface area contributed by atoms with E-state index >= 15 is 0 Å². The van der Waals surface area contributed by atoms with Crippen molar-refractivity contribution in [3.63, 3.8) is 0 Å². The third kappa shape index (κ3) is 25.2. The molecule has 4 rings (SSSR count). The van der Waals surface area contributed by atoms with Gasteiger partial charge in [-0.25, -0.2) is 0 Å². The van der Waals surface area contributed by atoms with E-state index in [9.17, 15) is 0 Å². The summed E-state index contributed by atoms with van der Waals surface area (Å²) in [5, 5.41) is 2.62. The fourth-order valence-corrected chi connectivity index (χ4v) is 1.98. The van der Waals surface area contributed by atoms with Gasteiger partial charge in [0.15, 0.2) is 0 Å². The standard InChI is InChI=1S/C10H8.C7H8.C5H5N.5C2H6/c1-2-6-10-8-4-3-7-9(10)5-1;1-7-5-3-2-4-6-7;1-2-4-6-5-3-1;5*1-2/h1-8H;2-6H,1H3;1-5H;5*1-2H3. The van der Waals surface area contributed by atoms with Crippen LogP contribution in [0.4, 0.5) is 0 Å². The fourth-order valence-electron chi connectivity index (χ4n) is 1.98. The highest BCUT2D eigenvalue weighted by atomic mass is 14.6. The van der Waals surface area contributed by atoms with Crippen LogP contribution in [0.5, 0.6) is 0 Å². The molecule has 1 heteroatoms. The van der Waals surface area contributed by atoms with Gasteiger partial charge in [0.2, 0.25) is 0 Å². The molecular formula is C32H51N. The molecule has 1 nitrogen and oxygen atoms in total. The van der Waals surface area contributed by atoms with Crippen LogP contribution < -0.4 is 0 Å². The molecule has 0 unspecified atom stereocenters. The SMILES string of the molecule is CC.CC.CC.CC.CC.Cc1ccccc1.c1ccc2ccccc2c1.c1ccncc1. The predicted molar refractivity (Wildman–Crippen MR) is 156 cm³/mol. The molecule has 0 amide bonds. The molecule has 0 N–H and O–H groups in total. The maximum atomic E-state index is 3.78. The van der Waals surface area contributed by atoms with Crippen LogP contribution in [-0.2, 0) is 0 Å². The molecule has 33 heavy (non-hydrogen) atoms. The smallest absolute Gasteiger partial charge is 0.0267 e. The molecule has 1 aromatic heterocycles. The molecule has 0 saturated carbocycles. The maximum absolute atomic E-state index is 3.78. The van der Waals surface area contributed by atoms with E-state index < -0.39 is 0 Å². The van der Waals surface area contributed by atoms with Crippen LogP contribution in [0.25, 0.3) is 10.8 Å². The highest BCUT2D eigenvalue weighted by Crippen LogP contribution is 2.11. The van der Waals surface area contributed by atoms with Crippen molar-refractivity contribution >= 4 is 10.8 Å². The molecule has 0 saturated heterocycles. The van der Waals surface area contributed by atoms with Gasteiger partial charge in [-0.15, -0.1) is 0 Å². The van der Waals surface area contributed by atoms with Gasteiger partial charge in [-0.05, 0) is 29.8 Å². The van der Waals surface area contributed by atoms with E-state index in [4.69, 9.17) is 0 Å². The maximum Gasteiger partial charge on any atom is 0.0267 e. The third-order valence-corrected chi connectivity index (χ3v) is 3.17. The number of aryl methyl sites for hydroxylation is 1. The van der Waals surface area contributed by atoms with Crippen LogP contribution in [0.1, 0.15) is 74.8 Å². The van der Waals surface area contributed by atoms with Crippen LogP contribution in [-0.4, -0.2) is 4.98 Å². The van der Waals surface area contributed by atoms with Gasteiger partial charge in [-0.2, -0.15) is 0 Å². The Kier molecular flexibility index (Phi) is 41.3. The summed E-state index contributed by atoms with van der Waals surface area (Å²) in [7, 11) is 0. The number of pyridine rings is 1. The van der Waals surface area contributed by atoms with Gasteiger partial charge in [-0.3, -0.25) is 4.98 Å². The number of nitrogens with zero attached hydrogens (tertiary/aromatic N) is 1. The van der Waals surface area contributed by atoms with Crippen LogP contribution >= 0.6 is 0 Å². The van der Waals surface area contributed by atoms with E-state index in [1.165, 1.54) is 16.3 Å². The first-order valence-electron chi connectivity index (χ1n) is 12.7. The van der Waals surface area contributed by atoms with Crippen molar-refractivity contribution in [3.05, 3.63) is 115 Å². The third-order valence-electron chi connectivity index (χ3n) is 3.17. The highest BCUT2D eigenvalue weighted by molar-refractivity contribution is 5.81. The molecule has 0 spiro atoms. The number of hydrogen-bond donors (Lipinski definition) is 0. The van der Waals surface area contributed by atoms with Gasteiger partial charge >= 0.3 is 0 Å². The molecule has 1 heterocycles. The molecule has 0 aliphatic carbocycles. The van der Waals surface area contributed by atoms with E-state index in [1.807, 2.05) is 106 Å². The summed E-state index contributed by atoms with van der Waals surface area (Å²) >= 11 is 0. The van der Waals surface area contributed by atoms with Gasteiger partial charge < -0.3 is 0 Å². The molecule has 0 aliphatic rings. The number of rotatable bonds is 0. The van der Waals surface area contributed by atoms with Gasteiger partial charge in [-0.1, -0.05) is 160 Å². The average Bonchev–Trinajstić information content (AvgIpc) is 2.96.